The Morgan fingerprint density at radius 3 is 2.52 bits per heavy atom. The number of aromatic hydroxyl groups is 2. The highest BCUT2D eigenvalue weighted by atomic mass is 16.7. The van der Waals surface area contributed by atoms with E-state index in [9.17, 15) is 24.6 Å². The average Bonchev–Trinajstić information content (AvgIpc) is 2.55. The van der Waals surface area contributed by atoms with E-state index in [1.165, 1.54) is 12.1 Å². The van der Waals surface area contributed by atoms with Crippen LogP contribution >= 0.6 is 0 Å². The lowest BCUT2D eigenvalue weighted by molar-refractivity contribution is -0.152. The van der Waals surface area contributed by atoms with Gasteiger partial charge in [0.15, 0.2) is 11.5 Å². The van der Waals surface area contributed by atoms with Crippen molar-refractivity contribution >= 4 is 18.0 Å². The van der Waals surface area contributed by atoms with Gasteiger partial charge < -0.3 is 35.8 Å². The number of rotatable bonds is 9. The van der Waals surface area contributed by atoms with Gasteiger partial charge in [-0.15, -0.1) is 0 Å². The summed E-state index contributed by atoms with van der Waals surface area (Å²) in [6.07, 6.45) is -0.712. The molecule has 138 valence electrons. The molecule has 1 amide bonds. The SMILES string of the molecule is N[C@H](CCC(=O)OCOC(=O)NCCc1ccc(O)c(O)c1)C(=O)O. The molecular formula is C15H20N2O8. The zero-order chi connectivity index (χ0) is 18.8. The minimum absolute atomic E-state index is 0.0835. The summed E-state index contributed by atoms with van der Waals surface area (Å²) >= 11 is 0. The standard InChI is InChI=1S/C15H20N2O8/c16-10(14(21)22)2-4-13(20)24-8-25-15(23)17-6-5-9-1-3-11(18)12(19)7-9/h1,3,7,10,18-19H,2,4-6,8,16H2,(H,17,23)(H,21,22)/t10-/m1/s1. The minimum atomic E-state index is -1.22. The van der Waals surface area contributed by atoms with Crippen molar-refractivity contribution in [2.45, 2.75) is 25.3 Å². The molecule has 10 heteroatoms. The second-order valence-electron chi connectivity index (χ2n) is 5.05. The lowest BCUT2D eigenvalue weighted by Crippen LogP contribution is -2.31. The first-order valence-electron chi connectivity index (χ1n) is 7.35. The predicted molar refractivity (Wildman–Crippen MR) is 83.8 cm³/mol. The number of benzene rings is 1. The fraction of sp³-hybridized carbons (Fsp3) is 0.400. The van der Waals surface area contributed by atoms with E-state index in [0.29, 0.717) is 12.0 Å². The highest BCUT2D eigenvalue weighted by molar-refractivity contribution is 5.75. The van der Waals surface area contributed by atoms with Gasteiger partial charge in [-0.25, -0.2) is 4.79 Å². The summed E-state index contributed by atoms with van der Waals surface area (Å²) in [4.78, 5) is 33.1. The summed E-state index contributed by atoms with van der Waals surface area (Å²) in [6, 6.07) is 3.13. The maximum absolute atomic E-state index is 11.4. The van der Waals surface area contributed by atoms with Gasteiger partial charge in [0.1, 0.15) is 6.04 Å². The van der Waals surface area contributed by atoms with E-state index < -0.39 is 30.9 Å². The van der Waals surface area contributed by atoms with E-state index in [0.717, 1.165) is 0 Å². The van der Waals surface area contributed by atoms with Crippen molar-refractivity contribution in [3.05, 3.63) is 23.8 Å². The molecule has 25 heavy (non-hydrogen) atoms. The number of nitrogens with one attached hydrogen (secondary N) is 1. The Labute approximate surface area is 143 Å². The number of nitrogens with two attached hydrogens (primary N) is 1. The van der Waals surface area contributed by atoms with Gasteiger partial charge in [-0.3, -0.25) is 9.59 Å². The summed E-state index contributed by atoms with van der Waals surface area (Å²) in [5, 5.41) is 29.5. The zero-order valence-corrected chi connectivity index (χ0v) is 13.3. The van der Waals surface area contributed by atoms with Crippen molar-refractivity contribution in [2.75, 3.05) is 13.3 Å². The molecule has 0 fully saturated rings. The first kappa shape index (κ1) is 20.0. The van der Waals surface area contributed by atoms with E-state index in [-0.39, 0.29) is 30.9 Å². The quantitative estimate of drug-likeness (QED) is 0.233. The summed E-state index contributed by atoms with van der Waals surface area (Å²) in [7, 11) is 0. The van der Waals surface area contributed by atoms with Gasteiger partial charge in [0, 0.05) is 13.0 Å². The van der Waals surface area contributed by atoms with Crippen LogP contribution in [0.5, 0.6) is 11.5 Å². The number of aliphatic carboxylic acids is 1. The number of carboxylic acid groups (broad SMARTS) is 1. The van der Waals surface area contributed by atoms with Crippen LogP contribution < -0.4 is 11.1 Å². The van der Waals surface area contributed by atoms with Crippen LogP contribution in [0.4, 0.5) is 4.79 Å². The van der Waals surface area contributed by atoms with Crippen molar-refractivity contribution in [1.29, 1.82) is 0 Å². The van der Waals surface area contributed by atoms with Crippen LogP contribution in [0.2, 0.25) is 0 Å². The number of alkyl carbamates (subject to hydrolysis) is 1. The molecule has 0 bridgehead atoms. The number of carbonyl (C=O) groups is 3. The second kappa shape index (κ2) is 9.98. The topological polar surface area (TPSA) is 168 Å². The molecular weight excluding hydrogens is 336 g/mol. The lowest BCUT2D eigenvalue weighted by atomic mass is 10.1. The Morgan fingerprint density at radius 1 is 1.16 bits per heavy atom. The van der Waals surface area contributed by atoms with Crippen LogP contribution in [0.3, 0.4) is 0 Å². The third kappa shape index (κ3) is 7.88. The Balaban J connectivity index is 2.15. The number of esters is 1. The Kier molecular flexibility index (Phi) is 8.00. The first-order chi connectivity index (χ1) is 11.8. The molecule has 10 nitrogen and oxygen atoms in total. The van der Waals surface area contributed by atoms with Crippen LogP contribution in [0, 0.1) is 0 Å². The van der Waals surface area contributed by atoms with Gasteiger partial charge in [0.2, 0.25) is 6.79 Å². The Hall–Kier alpha value is -3.01. The van der Waals surface area contributed by atoms with Crippen LogP contribution in [0.15, 0.2) is 18.2 Å². The van der Waals surface area contributed by atoms with Gasteiger partial charge in [-0.2, -0.15) is 0 Å². The largest absolute Gasteiger partial charge is 0.504 e. The van der Waals surface area contributed by atoms with E-state index >= 15 is 0 Å². The van der Waals surface area contributed by atoms with Crippen LogP contribution in [-0.4, -0.2) is 52.7 Å². The Bertz CT molecular complexity index is 620. The highest BCUT2D eigenvalue weighted by Gasteiger charge is 2.14. The number of phenolic OH excluding ortho intramolecular Hbond substituents is 2. The maximum atomic E-state index is 11.4. The number of carbonyl (C=O) groups excluding carboxylic acids is 2. The molecule has 0 saturated carbocycles. The number of hydrogen-bond donors (Lipinski definition) is 5. The maximum Gasteiger partial charge on any atom is 0.410 e. The molecule has 0 heterocycles. The monoisotopic (exact) mass is 356 g/mol. The van der Waals surface area contributed by atoms with E-state index in [2.05, 4.69) is 14.8 Å². The summed E-state index contributed by atoms with van der Waals surface area (Å²) in [5.74, 6) is -2.44. The molecule has 0 spiro atoms. The molecule has 1 rings (SSSR count). The lowest BCUT2D eigenvalue weighted by Gasteiger charge is -2.09. The van der Waals surface area contributed by atoms with E-state index in [1.807, 2.05) is 0 Å². The summed E-state index contributed by atoms with van der Waals surface area (Å²) in [6.45, 7) is -0.405. The first-order valence-corrected chi connectivity index (χ1v) is 7.35. The average molecular weight is 356 g/mol. The second-order valence-corrected chi connectivity index (χ2v) is 5.05. The van der Waals surface area contributed by atoms with Crippen molar-refractivity contribution in [1.82, 2.24) is 5.32 Å². The van der Waals surface area contributed by atoms with Crippen LogP contribution in [-0.2, 0) is 25.5 Å². The summed E-state index contributed by atoms with van der Waals surface area (Å²) < 4.78 is 9.22. The van der Waals surface area contributed by atoms with Gasteiger partial charge in [0.05, 0.1) is 0 Å². The van der Waals surface area contributed by atoms with Gasteiger partial charge in [-0.1, -0.05) is 6.07 Å². The van der Waals surface area contributed by atoms with Crippen molar-refractivity contribution in [3.8, 4) is 11.5 Å². The predicted octanol–water partition coefficient (Wildman–Crippen LogP) is 0.0593. The number of phenols is 2. The van der Waals surface area contributed by atoms with E-state index in [4.69, 9.17) is 10.8 Å². The van der Waals surface area contributed by atoms with Crippen molar-refractivity contribution in [2.24, 2.45) is 5.73 Å². The molecule has 0 aromatic heterocycles. The fourth-order valence-corrected chi connectivity index (χ4v) is 1.70. The summed E-state index contributed by atoms with van der Waals surface area (Å²) in [5.41, 5.74) is 5.92. The van der Waals surface area contributed by atoms with Gasteiger partial charge in [0.25, 0.3) is 0 Å². The van der Waals surface area contributed by atoms with Gasteiger partial charge in [-0.05, 0) is 30.5 Å². The van der Waals surface area contributed by atoms with Crippen LogP contribution in [0.1, 0.15) is 18.4 Å². The molecule has 0 aliphatic carbocycles. The molecule has 1 aromatic carbocycles. The van der Waals surface area contributed by atoms with Gasteiger partial charge >= 0.3 is 18.0 Å². The molecule has 1 aromatic rings. The number of carboxylic acids is 1. The molecule has 0 radical (unpaired) electrons. The number of ether oxygens (including phenoxy) is 2. The molecule has 1 atom stereocenters. The third-order valence-corrected chi connectivity index (χ3v) is 3.11. The Morgan fingerprint density at radius 2 is 1.88 bits per heavy atom. The van der Waals surface area contributed by atoms with Crippen molar-refractivity contribution < 1.29 is 39.2 Å². The molecule has 0 unspecified atom stereocenters. The normalized spacial score (nSPS) is 11.4. The highest BCUT2D eigenvalue weighted by Crippen LogP contribution is 2.24. The molecule has 0 aliphatic heterocycles. The minimum Gasteiger partial charge on any atom is -0.504 e. The van der Waals surface area contributed by atoms with Crippen molar-refractivity contribution in [3.63, 3.8) is 0 Å². The van der Waals surface area contributed by atoms with Crippen LogP contribution in [0.25, 0.3) is 0 Å². The number of amides is 1. The van der Waals surface area contributed by atoms with E-state index in [1.54, 1.807) is 6.07 Å². The molecule has 0 saturated heterocycles. The smallest absolute Gasteiger partial charge is 0.410 e. The molecule has 6 N–H and O–H groups in total. The number of hydrogen-bond acceptors (Lipinski definition) is 8. The molecule has 0 aliphatic rings. The fourth-order valence-electron chi connectivity index (χ4n) is 1.70. The zero-order valence-electron chi connectivity index (χ0n) is 13.3. The third-order valence-electron chi connectivity index (χ3n) is 3.11.